The van der Waals surface area contributed by atoms with Crippen LogP contribution in [0.1, 0.15) is 12.8 Å². The van der Waals surface area contributed by atoms with Gasteiger partial charge in [-0.25, -0.2) is 4.98 Å². The topological polar surface area (TPSA) is 48.1 Å². The van der Waals surface area contributed by atoms with Crippen molar-refractivity contribution < 1.29 is 4.74 Å². The number of nitrogens with zero attached hydrogens (tertiary/aromatic N) is 1. The van der Waals surface area contributed by atoms with Gasteiger partial charge in [0.1, 0.15) is 5.76 Å². The van der Waals surface area contributed by atoms with Crippen molar-refractivity contribution in [3.05, 3.63) is 54.5 Å². The molecule has 2 bridgehead atoms. The second-order valence-corrected chi connectivity index (χ2v) is 5.65. The Balaban J connectivity index is 1.68. The SMILES string of the molecule is Nc1ccnc(OC2=CC3CC4C=CC=CC24C3)c1. The van der Waals surface area contributed by atoms with Gasteiger partial charge in [-0.2, -0.15) is 0 Å². The van der Waals surface area contributed by atoms with Gasteiger partial charge in [0.05, 0.1) is 5.41 Å². The summed E-state index contributed by atoms with van der Waals surface area (Å²) in [5.74, 6) is 2.85. The monoisotopic (exact) mass is 252 g/mol. The third kappa shape index (κ3) is 1.54. The molecule has 2 N–H and O–H groups in total. The number of pyridine rings is 1. The molecule has 3 aliphatic rings. The number of allylic oxidation sites excluding steroid dienone is 5. The van der Waals surface area contributed by atoms with Gasteiger partial charge >= 0.3 is 0 Å². The molecule has 1 fully saturated rings. The summed E-state index contributed by atoms with van der Waals surface area (Å²) >= 11 is 0. The summed E-state index contributed by atoms with van der Waals surface area (Å²) < 4.78 is 6.04. The number of nitrogens with two attached hydrogens (primary N) is 1. The molecule has 0 aromatic carbocycles. The number of rotatable bonds is 2. The van der Waals surface area contributed by atoms with E-state index in [0.29, 0.717) is 23.4 Å². The molecule has 1 aromatic heterocycles. The molecule has 3 unspecified atom stereocenters. The maximum absolute atomic E-state index is 6.04. The van der Waals surface area contributed by atoms with Gasteiger partial charge in [0.25, 0.3) is 0 Å². The molecule has 1 aromatic rings. The largest absolute Gasteiger partial charge is 0.443 e. The van der Waals surface area contributed by atoms with E-state index in [1.54, 1.807) is 18.3 Å². The average molecular weight is 252 g/mol. The normalized spacial score (nSPS) is 34.2. The van der Waals surface area contributed by atoms with E-state index in [9.17, 15) is 0 Å². The number of anilines is 1. The zero-order chi connectivity index (χ0) is 12.9. The smallest absolute Gasteiger partial charge is 0.220 e. The van der Waals surface area contributed by atoms with Gasteiger partial charge < -0.3 is 10.5 Å². The molecular weight excluding hydrogens is 236 g/mol. The van der Waals surface area contributed by atoms with Gasteiger partial charge in [-0.15, -0.1) is 0 Å². The number of fused-ring (bicyclic) bond motifs is 1. The second-order valence-electron chi connectivity index (χ2n) is 5.65. The second kappa shape index (κ2) is 3.73. The Kier molecular flexibility index (Phi) is 2.13. The molecule has 3 nitrogen and oxygen atoms in total. The Bertz CT molecular complexity index is 617. The Morgan fingerprint density at radius 2 is 2.32 bits per heavy atom. The van der Waals surface area contributed by atoms with E-state index in [-0.39, 0.29) is 5.41 Å². The van der Waals surface area contributed by atoms with E-state index >= 15 is 0 Å². The van der Waals surface area contributed by atoms with Crippen LogP contribution in [0.25, 0.3) is 0 Å². The van der Waals surface area contributed by atoms with E-state index in [2.05, 4.69) is 35.4 Å². The van der Waals surface area contributed by atoms with Crippen molar-refractivity contribution in [2.24, 2.45) is 17.3 Å². The molecule has 1 heterocycles. The summed E-state index contributed by atoms with van der Waals surface area (Å²) in [5.41, 5.74) is 6.52. The molecule has 3 aliphatic carbocycles. The van der Waals surface area contributed by atoms with Crippen LogP contribution in [0.15, 0.2) is 54.5 Å². The van der Waals surface area contributed by atoms with Crippen molar-refractivity contribution in [2.45, 2.75) is 12.8 Å². The molecular formula is C16H16N2O. The van der Waals surface area contributed by atoms with E-state index in [4.69, 9.17) is 10.5 Å². The lowest BCUT2D eigenvalue weighted by atomic mass is 9.74. The quantitative estimate of drug-likeness (QED) is 0.880. The van der Waals surface area contributed by atoms with Crippen LogP contribution < -0.4 is 10.5 Å². The van der Waals surface area contributed by atoms with E-state index in [1.807, 2.05) is 0 Å². The molecule has 1 saturated carbocycles. The first-order chi connectivity index (χ1) is 9.26. The molecule has 0 saturated heterocycles. The van der Waals surface area contributed by atoms with Crippen molar-refractivity contribution in [1.82, 2.24) is 4.98 Å². The number of hydrogen-bond acceptors (Lipinski definition) is 3. The lowest BCUT2D eigenvalue weighted by molar-refractivity contribution is 0.252. The van der Waals surface area contributed by atoms with Crippen molar-refractivity contribution >= 4 is 5.69 Å². The number of nitrogen functional groups attached to an aromatic ring is 1. The number of aromatic nitrogens is 1. The lowest BCUT2D eigenvalue weighted by Gasteiger charge is -2.33. The van der Waals surface area contributed by atoms with Crippen LogP contribution in [-0.4, -0.2) is 4.98 Å². The molecule has 96 valence electrons. The van der Waals surface area contributed by atoms with Crippen LogP contribution in [-0.2, 0) is 0 Å². The highest BCUT2D eigenvalue weighted by Crippen LogP contribution is 2.59. The minimum Gasteiger partial charge on any atom is -0.443 e. The zero-order valence-electron chi connectivity index (χ0n) is 10.6. The fourth-order valence-corrected chi connectivity index (χ4v) is 3.66. The minimum atomic E-state index is 0.0612. The van der Waals surface area contributed by atoms with Crippen LogP contribution >= 0.6 is 0 Å². The van der Waals surface area contributed by atoms with Crippen LogP contribution in [0.2, 0.25) is 0 Å². The van der Waals surface area contributed by atoms with Crippen LogP contribution in [0.4, 0.5) is 5.69 Å². The summed E-state index contributed by atoms with van der Waals surface area (Å²) in [6.45, 7) is 0. The Labute approximate surface area is 112 Å². The Morgan fingerprint density at radius 3 is 3.21 bits per heavy atom. The van der Waals surface area contributed by atoms with Gasteiger partial charge in [0, 0.05) is 18.0 Å². The third-order valence-corrected chi connectivity index (χ3v) is 4.49. The maximum atomic E-state index is 6.04. The summed E-state index contributed by atoms with van der Waals surface area (Å²) in [7, 11) is 0. The number of ether oxygens (including phenoxy) is 1. The average Bonchev–Trinajstić information content (AvgIpc) is 2.91. The van der Waals surface area contributed by atoms with Crippen molar-refractivity contribution in [3.63, 3.8) is 0 Å². The minimum absolute atomic E-state index is 0.0612. The van der Waals surface area contributed by atoms with Gasteiger partial charge in [0.2, 0.25) is 5.88 Å². The highest BCUT2D eigenvalue weighted by Gasteiger charge is 2.53. The van der Waals surface area contributed by atoms with Crippen molar-refractivity contribution in [1.29, 1.82) is 0 Å². The molecule has 4 rings (SSSR count). The maximum Gasteiger partial charge on any atom is 0.220 e. The van der Waals surface area contributed by atoms with Crippen LogP contribution in [0.5, 0.6) is 5.88 Å². The number of hydrogen-bond donors (Lipinski definition) is 1. The molecule has 19 heavy (non-hydrogen) atoms. The molecule has 0 amide bonds. The molecule has 1 spiro atoms. The van der Waals surface area contributed by atoms with Gasteiger partial charge in [-0.1, -0.05) is 24.3 Å². The predicted octanol–water partition coefficient (Wildman–Crippen LogP) is 3.08. The zero-order valence-corrected chi connectivity index (χ0v) is 10.6. The summed E-state index contributed by atoms with van der Waals surface area (Å²) in [6, 6.07) is 3.55. The first-order valence-corrected chi connectivity index (χ1v) is 6.74. The third-order valence-electron chi connectivity index (χ3n) is 4.49. The van der Waals surface area contributed by atoms with Gasteiger partial charge in [-0.3, -0.25) is 0 Å². The predicted molar refractivity (Wildman–Crippen MR) is 74.3 cm³/mol. The molecule has 0 radical (unpaired) electrons. The Hall–Kier alpha value is -2.03. The standard InChI is InChI=1S/C16H16N2O/c17-13-4-6-18-15(9-13)19-14-8-11-7-12-3-1-2-5-16(12,14)10-11/h1-6,8-9,11-12H,7,10H2,(H2,17,18). The summed E-state index contributed by atoms with van der Waals surface area (Å²) in [6.07, 6.45) is 15.2. The van der Waals surface area contributed by atoms with E-state index in [0.717, 1.165) is 12.2 Å². The Morgan fingerprint density at radius 1 is 1.37 bits per heavy atom. The van der Waals surface area contributed by atoms with E-state index in [1.165, 1.54) is 6.42 Å². The first-order valence-electron chi connectivity index (χ1n) is 6.74. The van der Waals surface area contributed by atoms with E-state index < -0.39 is 0 Å². The molecule has 3 atom stereocenters. The van der Waals surface area contributed by atoms with Crippen molar-refractivity contribution in [3.8, 4) is 5.88 Å². The van der Waals surface area contributed by atoms with Gasteiger partial charge in [-0.05, 0) is 36.8 Å². The molecule has 3 heteroatoms. The van der Waals surface area contributed by atoms with Gasteiger partial charge in [0.15, 0.2) is 0 Å². The highest BCUT2D eigenvalue weighted by molar-refractivity contribution is 5.42. The first kappa shape index (κ1) is 10.9. The van der Waals surface area contributed by atoms with Crippen molar-refractivity contribution in [2.75, 3.05) is 5.73 Å². The lowest BCUT2D eigenvalue weighted by Crippen LogP contribution is -2.28. The van der Waals surface area contributed by atoms with Crippen LogP contribution in [0.3, 0.4) is 0 Å². The summed E-state index contributed by atoms with van der Waals surface area (Å²) in [5, 5.41) is 0. The summed E-state index contributed by atoms with van der Waals surface area (Å²) in [4.78, 5) is 4.24. The molecule has 0 aliphatic heterocycles. The van der Waals surface area contributed by atoms with Crippen LogP contribution in [0, 0.1) is 17.3 Å². The fraction of sp³-hybridized carbons (Fsp3) is 0.312. The fourth-order valence-electron chi connectivity index (χ4n) is 3.66. The highest BCUT2D eigenvalue weighted by atomic mass is 16.5.